The summed E-state index contributed by atoms with van der Waals surface area (Å²) in [4.78, 5) is 33.7. The minimum atomic E-state index is -0.955. The van der Waals surface area contributed by atoms with Gasteiger partial charge in [0.1, 0.15) is 4.88 Å². The number of thiazole rings is 1. The zero-order valence-corrected chi connectivity index (χ0v) is 14.9. The van der Waals surface area contributed by atoms with Gasteiger partial charge in [0.25, 0.3) is 5.91 Å². The monoisotopic (exact) mass is 369 g/mol. The first-order chi connectivity index (χ1) is 11.9. The summed E-state index contributed by atoms with van der Waals surface area (Å²) in [6, 6.07) is 0. The van der Waals surface area contributed by atoms with Crippen molar-refractivity contribution in [1.29, 1.82) is 0 Å². The molecule has 0 aliphatic carbocycles. The van der Waals surface area contributed by atoms with E-state index in [9.17, 15) is 9.59 Å². The van der Waals surface area contributed by atoms with Crippen LogP contribution in [-0.4, -0.2) is 58.6 Å². The van der Waals surface area contributed by atoms with E-state index in [1.165, 1.54) is 6.20 Å². The van der Waals surface area contributed by atoms with Crippen molar-refractivity contribution in [1.82, 2.24) is 9.88 Å². The molecule has 0 aromatic carbocycles. The van der Waals surface area contributed by atoms with Crippen molar-refractivity contribution in [2.24, 2.45) is 22.4 Å². The number of aliphatic imine (C=N–C) groups is 1. The molecule has 0 bridgehead atoms. The van der Waals surface area contributed by atoms with E-state index in [0.29, 0.717) is 36.1 Å². The Kier molecular flexibility index (Phi) is 6.71. The van der Waals surface area contributed by atoms with Crippen LogP contribution in [0.4, 0.5) is 5.13 Å². The fourth-order valence-corrected chi connectivity index (χ4v) is 3.46. The Morgan fingerprint density at radius 3 is 2.96 bits per heavy atom. The number of carbonyl (C=O) groups excluding carboxylic acids is 1. The zero-order valence-electron chi connectivity index (χ0n) is 14.1. The van der Waals surface area contributed by atoms with Gasteiger partial charge in [-0.25, -0.2) is 9.78 Å². The molecule has 1 saturated heterocycles. The molecule has 0 radical (unpaired) electrons. The average Bonchev–Trinajstić information content (AvgIpc) is 3.02. The van der Waals surface area contributed by atoms with Crippen molar-refractivity contribution >= 4 is 34.3 Å². The van der Waals surface area contributed by atoms with Crippen molar-refractivity contribution in [3.05, 3.63) is 11.1 Å². The quantitative estimate of drug-likeness (QED) is 0.476. The molecule has 0 saturated carbocycles. The minimum Gasteiger partial charge on any atom is -0.479 e. The molecule has 1 aromatic rings. The second kappa shape index (κ2) is 8.77. The molecule has 9 nitrogen and oxygen atoms in total. The molecule has 10 heteroatoms. The number of amides is 1. The molecule has 2 atom stereocenters. The van der Waals surface area contributed by atoms with Crippen LogP contribution in [0.1, 0.15) is 35.9 Å². The van der Waals surface area contributed by atoms with Crippen molar-refractivity contribution in [2.45, 2.75) is 32.3 Å². The van der Waals surface area contributed by atoms with Crippen LogP contribution in [0.15, 0.2) is 11.2 Å². The molecule has 1 aliphatic rings. The number of nitrogens with two attached hydrogens (primary N) is 2. The smallest absolute Gasteiger partial charge is 0.332 e. The van der Waals surface area contributed by atoms with Crippen LogP contribution in [0.25, 0.3) is 0 Å². The topological polar surface area (TPSA) is 144 Å². The Hall–Kier alpha value is -2.20. The summed E-state index contributed by atoms with van der Waals surface area (Å²) in [5.74, 6) is -1.06. The number of aliphatic carboxylic acids is 1. The summed E-state index contributed by atoms with van der Waals surface area (Å²) in [6.45, 7) is 3.29. The summed E-state index contributed by atoms with van der Waals surface area (Å²) in [5.41, 5.74) is 10.6. The molecule has 2 unspecified atom stereocenters. The Morgan fingerprint density at radius 1 is 1.56 bits per heavy atom. The van der Waals surface area contributed by atoms with E-state index in [2.05, 4.69) is 9.98 Å². The first kappa shape index (κ1) is 19.1. The summed E-state index contributed by atoms with van der Waals surface area (Å²) in [6.07, 6.45) is 2.84. The molecular formula is C15H23N5O4S. The highest BCUT2D eigenvalue weighted by Crippen LogP contribution is 2.25. The molecule has 25 heavy (non-hydrogen) atoms. The highest BCUT2D eigenvalue weighted by molar-refractivity contribution is 7.17. The van der Waals surface area contributed by atoms with Gasteiger partial charge in [-0.15, -0.1) is 0 Å². The zero-order chi connectivity index (χ0) is 18.4. The van der Waals surface area contributed by atoms with E-state index in [0.717, 1.165) is 24.2 Å². The third kappa shape index (κ3) is 5.40. The fraction of sp³-hybridized carbons (Fsp3) is 0.600. The largest absolute Gasteiger partial charge is 0.479 e. The SMILES string of the molecule is CCC(OCC1CCCN(C(=O)c2cnc(N=C(N)N)s2)C1)C(=O)O. The molecule has 1 aromatic heterocycles. The van der Waals surface area contributed by atoms with Crippen LogP contribution >= 0.6 is 11.3 Å². The van der Waals surface area contributed by atoms with Crippen molar-refractivity contribution in [3.63, 3.8) is 0 Å². The van der Waals surface area contributed by atoms with E-state index in [1.807, 2.05) is 0 Å². The number of aromatic nitrogens is 1. The average molecular weight is 369 g/mol. The second-order valence-electron chi connectivity index (χ2n) is 5.87. The maximum absolute atomic E-state index is 12.6. The molecular weight excluding hydrogens is 346 g/mol. The number of ether oxygens (including phenoxy) is 1. The standard InChI is InChI=1S/C15H23N5O4S/c1-2-10(13(22)23)24-8-9-4-3-5-20(7-9)12(21)11-6-18-15(25-11)19-14(16)17/h6,9-10H,2-5,7-8H2,1H3,(H,22,23)(H4,16,17,18,19). The lowest BCUT2D eigenvalue weighted by atomic mass is 9.98. The molecule has 138 valence electrons. The number of carbonyl (C=O) groups is 2. The van der Waals surface area contributed by atoms with Gasteiger partial charge in [0.05, 0.1) is 12.8 Å². The summed E-state index contributed by atoms with van der Waals surface area (Å²) in [7, 11) is 0. The molecule has 0 spiro atoms. The second-order valence-corrected chi connectivity index (χ2v) is 6.88. The summed E-state index contributed by atoms with van der Waals surface area (Å²) < 4.78 is 5.48. The van der Waals surface area contributed by atoms with Crippen LogP contribution in [0, 0.1) is 5.92 Å². The van der Waals surface area contributed by atoms with Gasteiger partial charge in [-0.2, -0.15) is 4.99 Å². The van der Waals surface area contributed by atoms with Crippen LogP contribution < -0.4 is 11.5 Å². The van der Waals surface area contributed by atoms with E-state index in [4.69, 9.17) is 21.3 Å². The fourth-order valence-electron chi connectivity index (χ4n) is 2.68. The van der Waals surface area contributed by atoms with Crippen molar-refractivity contribution in [2.75, 3.05) is 19.7 Å². The van der Waals surface area contributed by atoms with E-state index >= 15 is 0 Å². The van der Waals surface area contributed by atoms with Gasteiger partial charge < -0.3 is 26.2 Å². The number of hydrogen-bond donors (Lipinski definition) is 3. The molecule has 1 amide bonds. The normalized spacial score (nSPS) is 18.6. The number of rotatable bonds is 7. The van der Waals surface area contributed by atoms with Gasteiger partial charge in [0, 0.05) is 13.1 Å². The summed E-state index contributed by atoms with van der Waals surface area (Å²) >= 11 is 1.13. The maximum Gasteiger partial charge on any atom is 0.332 e. The maximum atomic E-state index is 12.6. The minimum absolute atomic E-state index is 0.104. The Morgan fingerprint density at radius 2 is 2.32 bits per heavy atom. The van der Waals surface area contributed by atoms with Gasteiger partial charge in [-0.1, -0.05) is 18.3 Å². The number of hydrogen-bond acceptors (Lipinski definition) is 6. The lowest BCUT2D eigenvalue weighted by Gasteiger charge is -2.32. The predicted octanol–water partition coefficient (Wildman–Crippen LogP) is 0.780. The highest BCUT2D eigenvalue weighted by Gasteiger charge is 2.27. The summed E-state index contributed by atoms with van der Waals surface area (Å²) in [5, 5.41) is 9.37. The first-order valence-corrected chi connectivity index (χ1v) is 8.91. The number of likely N-dealkylation sites (tertiary alicyclic amines) is 1. The Labute approximate surface area is 149 Å². The van der Waals surface area contributed by atoms with Crippen LogP contribution in [0.5, 0.6) is 0 Å². The lowest BCUT2D eigenvalue weighted by molar-refractivity contribution is -0.151. The number of nitrogens with zero attached hydrogens (tertiary/aromatic N) is 3. The number of carboxylic acids is 1. The molecule has 1 fully saturated rings. The Balaban J connectivity index is 1.93. The van der Waals surface area contributed by atoms with E-state index < -0.39 is 12.1 Å². The van der Waals surface area contributed by atoms with Gasteiger partial charge >= 0.3 is 5.97 Å². The third-order valence-electron chi connectivity index (χ3n) is 3.91. The van der Waals surface area contributed by atoms with Crippen LogP contribution in [-0.2, 0) is 9.53 Å². The number of piperidine rings is 1. The first-order valence-electron chi connectivity index (χ1n) is 8.09. The van der Waals surface area contributed by atoms with Gasteiger partial charge in [-0.05, 0) is 25.2 Å². The lowest BCUT2D eigenvalue weighted by Crippen LogP contribution is -2.41. The van der Waals surface area contributed by atoms with E-state index in [-0.39, 0.29) is 17.8 Å². The number of carboxylic acid groups (broad SMARTS) is 1. The molecule has 1 aliphatic heterocycles. The number of guanidine groups is 1. The van der Waals surface area contributed by atoms with Crippen LogP contribution in [0.2, 0.25) is 0 Å². The Bertz CT molecular complexity index is 644. The van der Waals surface area contributed by atoms with Crippen molar-refractivity contribution < 1.29 is 19.4 Å². The van der Waals surface area contributed by atoms with Gasteiger partial charge in [-0.3, -0.25) is 4.79 Å². The van der Waals surface area contributed by atoms with Crippen LogP contribution in [0.3, 0.4) is 0 Å². The molecule has 2 heterocycles. The molecule has 5 N–H and O–H groups in total. The highest BCUT2D eigenvalue weighted by atomic mass is 32.1. The van der Waals surface area contributed by atoms with Gasteiger partial charge in [0.2, 0.25) is 5.13 Å². The predicted molar refractivity (Wildman–Crippen MR) is 93.9 cm³/mol. The third-order valence-corrected chi connectivity index (χ3v) is 4.79. The van der Waals surface area contributed by atoms with Crippen molar-refractivity contribution in [3.8, 4) is 0 Å². The van der Waals surface area contributed by atoms with Gasteiger partial charge in [0.15, 0.2) is 12.1 Å². The molecule has 2 rings (SSSR count). The van der Waals surface area contributed by atoms with E-state index in [1.54, 1.807) is 11.8 Å².